The number of rotatable bonds is 6. The summed E-state index contributed by atoms with van der Waals surface area (Å²) in [6, 6.07) is 5.76. The standard InChI is InChI=1S/C19H23N3O5/c1-11-13(17(24)22-18(25)21-11)5-7-16(23)20-9-19(2,3)12-4-6-14-15(8-12)27-10-26-14/h4,6,8H,5,7,9-10H2,1-3H3,(H,20,23)(H2,21,22,24,25). The molecule has 0 atom stereocenters. The van der Waals surface area contributed by atoms with Gasteiger partial charge in [0.25, 0.3) is 5.56 Å². The molecule has 27 heavy (non-hydrogen) atoms. The fraction of sp³-hybridized carbons (Fsp3) is 0.421. The number of aryl methyl sites for hydroxylation is 1. The summed E-state index contributed by atoms with van der Waals surface area (Å²) in [6.07, 6.45) is 0.418. The van der Waals surface area contributed by atoms with Crippen molar-refractivity contribution in [3.05, 3.63) is 55.9 Å². The van der Waals surface area contributed by atoms with Crippen LogP contribution in [0.2, 0.25) is 0 Å². The Morgan fingerprint density at radius 2 is 1.93 bits per heavy atom. The van der Waals surface area contributed by atoms with Crippen molar-refractivity contribution in [2.45, 2.75) is 39.0 Å². The molecule has 0 radical (unpaired) electrons. The predicted molar refractivity (Wildman–Crippen MR) is 99.3 cm³/mol. The van der Waals surface area contributed by atoms with Gasteiger partial charge in [-0.15, -0.1) is 0 Å². The van der Waals surface area contributed by atoms with Crippen LogP contribution in [0, 0.1) is 6.92 Å². The quantitative estimate of drug-likeness (QED) is 0.702. The van der Waals surface area contributed by atoms with Crippen LogP contribution in [0.1, 0.15) is 37.1 Å². The molecule has 0 aliphatic carbocycles. The molecule has 1 aromatic carbocycles. The third kappa shape index (κ3) is 4.21. The topological polar surface area (TPSA) is 113 Å². The Hall–Kier alpha value is -3.03. The van der Waals surface area contributed by atoms with Crippen molar-refractivity contribution in [2.24, 2.45) is 0 Å². The summed E-state index contributed by atoms with van der Waals surface area (Å²) in [4.78, 5) is 40.0. The van der Waals surface area contributed by atoms with E-state index in [1.807, 2.05) is 32.0 Å². The van der Waals surface area contributed by atoms with Gasteiger partial charge in [-0.25, -0.2) is 4.79 Å². The average Bonchev–Trinajstić information content (AvgIpc) is 3.07. The summed E-state index contributed by atoms with van der Waals surface area (Å²) in [7, 11) is 0. The van der Waals surface area contributed by atoms with E-state index in [-0.39, 0.29) is 31.0 Å². The third-order valence-corrected chi connectivity index (χ3v) is 4.74. The highest BCUT2D eigenvalue weighted by Crippen LogP contribution is 2.36. The molecule has 2 heterocycles. The second-order valence-electron chi connectivity index (χ2n) is 7.24. The molecular formula is C19H23N3O5. The normalized spacial score (nSPS) is 12.9. The van der Waals surface area contributed by atoms with Crippen LogP contribution in [0.5, 0.6) is 11.5 Å². The molecule has 3 N–H and O–H groups in total. The molecule has 0 spiro atoms. The van der Waals surface area contributed by atoms with Gasteiger partial charge in [-0.05, 0) is 31.0 Å². The summed E-state index contributed by atoms with van der Waals surface area (Å²) in [5, 5.41) is 2.91. The van der Waals surface area contributed by atoms with Crippen molar-refractivity contribution in [2.75, 3.05) is 13.3 Å². The Morgan fingerprint density at radius 3 is 2.67 bits per heavy atom. The van der Waals surface area contributed by atoms with Gasteiger partial charge in [-0.1, -0.05) is 19.9 Å². The Balaban J connectivity index is 1.58. The first-order valence-electron chi connectivity index (χ1n) is 8.75. The third-order valence-electron chi connectivity index (χ3n) is 4.74. The van der Waals surface area contributed by atoms with E-state index < -0.39 is 11.2 Å². The van der Waals surface area contributed by atoms with E-state index in [0.29, 0.717) is 23.6 Å². The van der Waals surface area contributed by atoms with Gasteiger partial charge < -0.3 is 19.8 Å². The molecule has 8 nitrogen and oxygen atoms in total. The average molecular weight is 373 g/mol. The first-order valence-corrected chi connectivity index (χ1v) is 8.75. The van der Waals surface area contributed by atoms with Gasteiger partial charge in [-0.2, -0.15) is 0 Å². The maximum Gasteiger partial charge on any atom is 0.325 e. The smallest absolute Gasteiger partial charge is 0.325 e. The molecule has 1 aromatic heterocycles. The molecular weight excluding hydrogens is 350 g/mol. The highest BCUT2D eigenvalue weighted by atomic mass is 16.7. The largest absolute Gasteiger partial charge is 0.454 e. The molecule has 144 valence electrons. The van der Waals surface area contributed by atoms with E-state index in [1.165, 1.54) is 0 Å². The molecule has 0 saturated heterocycles. The number of H-pyrrole nitrogens is 2. The van der Waals surface area contributed by atoms with Crippen molar-refractivity contribution in [3.63, 3.8) is 0 Å². The van der Waals surface area contributed by atoms with E-state index in [9.17, 15) is 14.4 Å². The van der Waals surface area contributed by atoms with Gasteiger partial charge in [0.1, 0.15) is 0 Å². The molecule has 0 unspecified atom stereocenters. The highest BCUT2D eigenvalue weighted by Gasteiger charge is 2.24. The van der Waals surface area contributed by atoms with Crippen LogP contribution in [0.3, 0.4) is 0 Å². The van der Waals surface area contributed by atoms with Gasteiger partial charge >= 0.3 is 5.69 Å². The van der Waals surface area contributed by atoms with Crippen LogP contribution in [0.4, 0.5) is 0 Å². The first-order chi connectivity index (χ1) is 12.8. The second kappa shape index (κ2) is 7.30. The number of ether oxygens (including phenoxy) is 2. The number of benzene rings is 1. The molecule has 1 aliphatic rings. The van der Waals surface area contributed by atoms with E-state index >= 15 is 0 Å². The van der Waals surface area contributed by atoms with Gasteiger partial charge in [0, 0.05) is 29.6 Å². The number of fused-ring (bicyclic) bond motifs is 1. The van der Waals surface area contributed by atoms with Gasteiger partial charge in [0.2, 0.25) is 12.7 Å². The minimum absolute atomic E-state index is 0.159. The van der Waals surface area contributed by atoms with Crippen molar-refractivity contribution in [1.82, 2.24) is 15.3 Å². The molecule has 8 heteroatoms. The SMILES string of the molecule is Cc1[nH]c(=O)[nH]c(=O)c1CCC(=O)NCC(C)(C)c1ccc2c(c1)OCO2. The number of hydrogen-bond acceptors (Lipinski definition) is 5. The molecule has 2 aromatic rings. The van der Waals surface area contributed by atoms with E-state index in [2.05, 4.69) is 15.3 Å². The molecule has 0 bridgehead atoms. The fourth-order valence-corrected chi connectivity index (χ4v) is 2.99. The van der Waals surface area contributed by atoms with Crippen molar-refractivity contribution in [1.29, 1.82) is 0 Å². The minimum Gasteiger partial charge on any atom is -0.454 e. The number of aromatic nitrogens is 2. The lowest BCUT2D eigenvalue weighted by atomic mass is 9.84. The summed E-state index contributed by atoms with van der Waals surface area (Å²) >= 11 is 0. The maximum atomic E-state index is 12.2. The van der Waals surface area contributed by atoms with Gasteiger partial charge in [0.15, 0.2) is 11.5 Å². The second-order valence-corrected chi connectivity index (χ2v) is 7.24. The van der Waals surface area contributed by atoms with Gasteiger partial charge in [0.05, 0.1) is 0 Å². The van der Waals surface area contributed by atoms with Crippen molar-refractivity contribution in [3.8, 4) is 11.5 Å². The first kappa shape index (κ1) is 18.8. The monoisotopic (exact) mass is 373 g/mol. The summed E-state index contributed by atoms with van der Waals surface area (Å²) in [5.41, 5.74) is 0.625. The van der Waals surface area contributed by atoms with E-state index in [1.54, 1.807) is 6.92 Å². The van der Waals surface area contributed by atoms with Crippen molar-refractivity contribution < 1.29 is 14.3 Å². The van der Waals surface area contributed by atoms with Crippen LogP contribution >= 0.6 is 0 Å². The number of amides is 1. The fourth-order valence-electron chi connectivity index (χ4n) is 2.99. The zero-order valence-electron chi connectivity index (χ0n) is 15.6. The lowest BCUT2D eigenvalue weighted by Gasteiger charge is -2.26. The van der Waals surface area contributed by atoms with Crippen LogP contribution in [0.15, 0.2) is 27.8 Å². The highest BCUT2D eigenvalue weighted by molar-refractivity contribution is 5.76. The predicted octanol–water partition coefficient (Wildman–Crippen LogP) is 1.13. The Kier molecular flexibility index (Phi) is 5.07. The number of nitrogens with one attached hydrogen (secondary N) is 3. The number of carbonyl (C=O) groups excluding carboxylic acids is 1. The number of hydrogen-bond donors (Lipinski definition) is 3. The minimum atomic E-state index is -0.545. The van der Waals surface area contributed by atoms with Crippen LogP contribution < -0.4 is 26.0 Å². The zero-order valence-corrected chi connectivity index (χ0v) is 15.6. The maximum absolute atomic E-state index is 12.2. The van der Waals surface area contributed by atoms with Crippen LogP contribution in [-0.2, 0) is 16.6 Å². The molecule has 1 amide bonds. The Morgan fingerprint density at radius 1 is 1.19 bits per heavy atom. The van der Waals surface area contributed by atoms with E-state index in [0.717, 1.165) is 11.3 Å². The van der Waals surface area contributed by atoms with Crippen LogP contribution in [-0.4, -0.2) is 29.2 Å². The number of carbonyl (C=O) groups is 1. The molecule has 0 saturated carbocycles. The summed E-state index contributed by atoms with van der Waals surface area (Å²) < 4.78 is 10.7. The Bertz CT molecular complexity index is 974. The van der Waals surface area contributed by atoms with E-state index in [4.69, 9.17) is 9.47 Å². The summed E-state index contributed by atoms with van der Waals surface area (Å²) in [5.74, 6) is 1.27. The molecule has 0 fully saturated rings. The number of aromatic amines is 2. The van der Waals surface area contributed by atoms with Crippen LogP contribution in [0.25, 0.3) is 0 Å². The molecule has 1 aliphatic heterocycles. The summed E-state index contributed by atoms with van der Waals surface area (Å²) in [6.45, 7) is 6.36. The lowest BCUT2D eigenvalue weighted by Crippen LogP contribution is -2.37. The van der Waals surface area contributed by atoms with Crippen molar-refractivity contribution >= 4 is 5.91 Å². The zero-order chi connectivity index (χ0) is 19.6. The Labute approximate surface area is 155 Å². The van der Waals surface area contributed by atoms with Gasteiger partial charge in [-0.3, -0.25) is 14.6 Å². The lowest BCUT2D eigenvalue weighted by molar-refractivity contribution is -0.121. The molecule has 3 rings (SSSR count).